The van der Waals surface area contributed by atoms with Gasteiger partial charge in [-0.2, -0.15) is 8.61 Å². The van der Waals surface area contributed by atoms with E-state index in [0.717, 1.165) is 16.7 Å². The Morgan fingerprint density at radius 1 is 0.674 bits per heavy atom. The van der Waals surface area contributed by atoms with Crippen molar-refractivity contribution in [2.75, 3.05) is 6.54 Å². The molecule has 0 N–H and O–H groups in total. The van der Waals surface area contributed by atoms with Gasteiger partial charge in [-0.05, 0) is 60.9 Å². The topological polar surface area (TPSA) is 91.8 Å². The van der Waals surface area contributed by atoms with E-state index in [4.69, 9.17) is 11.6 Å². The van der Waals surface area contributed by atoms with E-state index in [0.29, 0.717) is 5.02 Å². The summed E-state index contributed by atoms with van der Waals surface area (Å²) in [5.74, 6) is -1.00. The Labute approximate surface area is 257 Å². The zero-order valence-corrected chi connectivity index (χ0v) is 25.8. The van der Waals surface area contributed by atoms with Gasteiger partial charge in [-0.1, -0.05) is 90.0 Å². The molecule has 7 nitrogen and oxygen atoms in total. The van der Waals surface area contributed by atoms with Gasteiger partial charge in [0.1, 0.15) is 5.78 Å². The van der Waals surface area contributed by atoms with Crippen LogP contribution in [-0.2, 0) is 24.8 Å². The minimum atomic E-state index is -4.09. The lowest BCUT2D eigenvalue weighted by Crippen LogP contribution is -2.60. The van der Waals surface area contributed by atoms with Crippen LogP contribution in [0, 0.1) is 12.8 Å². The van der Waals surface area contributed by atoms with Gasteiger partial charge < -0.3 is 0 Å². The summed E-state index contributed by atoms with van der Waals surface area (Å²) in [6.07, 6.45) is 0.0583. The normalized spacial score (nSPS) is 23.5. The zero-order chi connectivity index (χ0) is 30.4. The minimum absolute atomic E-state index is 0.0545. The summed E-state index contributed by atoms with van der Waals surface area (Å²) in [6, 6.07) is 28.8. The van der Waals surface area contributed by atoms with Crippen molar-refractivity contribution < 1.29 is 21.6 Å². The molecule has 2 saturated heterocycles. The molecule has 0 amide bonds. The number of fused-ring (bicyclic) bond motifs is 1. The van der Waals surface area contributed by atoms with Crippen LogP contribution in [0.15, 0.2) is 119 Å². The molecule has 6 rings (SSSR count). The highest BCUT2D eigenvalue weighted by Crippen LogP contribution is 2.48. The summed E-state index contributed by atoms with van der Waals surface area (Å²) >= 11 is 6.05. The summed E-state index contributed by atoms with van der Waals surface area (Å²) < 4.78 is 60.1. The monoisotopic (exact) mass is 634 g/mol. The van der Waals surface area contributed by atoms with Gasteiger partial charge in [0.25, 0.3) is 0 Å². The van der Waals surface area contributed by atoms with Gasteiger partial charge in [0, 0.05) is 29.9 Å². The molecule has 222 valence electrons. The van der Waals surface area contributed by atoms with Crippen molar-refractivity contribution >= 4 is 37.4 Å². The number of hydrogen-bond donors (Lipinski definition) is 0. The van der Waals surface area contributed by atoms with Gasteiger partial charge in [-0.3, -0.25) is 4.79 Å². The van der Waals surface area contributed by atoms with Crippen molar-refractivity contribution in [3.8, 4) is 0 Å². The third-order valence-electron chi connectivity index (χ3n) is 8.48. The molecule has 2 heterocycles. The number of aryl methyl sites for hydroxylation is 1. The van der Waals surface area contributed by atoms with E-state index in [1.165, 1.54) is 32.9 Å². The molecule has 10 heteroatoms. The SMILES string of the molecule is Cc1ccc(S(=O)(=O)N2[C@H](c3ccccc3)CC(=O)[C@@H]3CN(S(=O)(=O)c4ccc(Cl)cc4)[C@H](c4ccccc4)C[C@@H]32)cc1. The average Bonchev–Trinajstić information content (AvgIpc) is 3.01. The van der Waals surface area contributed by atoms with Crippen LogP contribution in [0.4, 0.5) is 0 Å². The predicted molar refractivity (Wildman–Crippen MR) is 165 cm³/mol. The highest BCUT2D eigenvalue weighted by molar-refractivity contribution is 7.89. The first-order valence-corrected chi connectivity index (χ1v) is 17.3. The number of ketones is 1. The van der Waals surface area contributed by atoms with Crippen LogP contribution in [-0.4, -0.2) is 43.8 Å². The first-order chi connectivity index (χ1) is 20.6. The number of carbonyl (C=O) groups is 1. The number of carbonyl (C=O) groups excluding carboxylic acids is 1. The standard InChI is InChI=1S/C33H31ClN2O5S2/c1-23-12-16-28(17-13-23)43(40,41)36-31(25-10-6-3-7-11-25)21-33(37)29-22-35(42(38,39)27-18-14-26(34)15-19-27)30(20-32(29)36)24-8-4-2-5-9-24/h2-19,29-32H,20-22H2,1H3/t29-,30+,31+,32+/m1/s1. The molecular weight excluding hydrogens is 604 g/mol. The van der Waals surface area contributed by atoms with Crippen LogP contribution in [0.1, 0.15) is 41.6 Å². The van der Waals surface area contributed by atoms with Crippen molar-refractivity contribution in [1.82, 2.24) is 8.61 Å². The van der Waals surface area contributed by atoms with E-state index in [1.807, 2.05) is 67.6 Å². The average molecular weight is 635 g/mol. The largest absolute Gasteiger partial charge is 0.299 e. The molecule has 0 radical (unpaired) electrons. The third kappa shape index (κ3) is 5.56. The lowest BCUT2D eigenvalue weighted by Gasteiger charge is -2.51. The van der Waals surface area contributed by atoms with Crippen molar-refractivity contribution in [3.63, 3.8) is 0 Å². The third-order valence-corrected chi connectivity index (χ3v) is 12.6. The fraction of sp³-hybridized carbons (Fsp3) is 0.242. The van der Waals surface area contributed by atoms with Crippen LogP contribution < -0.4 is 0 Å². The molecule has 2 aliphatic heterocycles. The number of nitrogens with zero attached hydrogens (tertiary/aromatic N) is 2. The Morgan fingerprint density at radius 3 is 1.77 bits per heavy atom. The Balaban J connectivity index is 1.50. The van der Waals surface area contributed by atoms with Crippen molar-refractivity contribution in [3.05, 3.63) is 131 Å². The van der Waals surface area contributed by atoms with E-state index in [2.05, 4.69) is 0 Å². The Kier molecular flexibility index (Phi) is 8.04. The molecule has 0 aliphatic carbocycles. The predicted octanol–water partition coefficient (Wildman–Crippen LogP) is 6.17. The number of sulfonamides is 2. The van der Waals surface area contributed by atoms with Crippen LogP contribution in [0.3, 0.4) is 0 Å². The van der Waals surface area contributed by atoms with Gasteiger partial charge in [-0.15, -0.1) is 0 Å². The molecule has 2 fully saturated rings. The Bertz CT molecular complexity index is 1830. The summed E-state index contributed by atoms with van der Waals surface area (Å²) in [6.45, 7) is 1.75. The van der Waals surface area contributed by atoms with Gasteiger partial charge in [0.2, 0.25) is 20.0 Å². The number of benzene rings is 4. The molecule has 0 spiro atoms. The van der Waals surface area contributed by atoms with Gasteiger partial charge in [-0.25, -0.2) is 16.8 Å². The Morgan fingerprint density at radius 2 is 1.19 bits per heavy atom. The summed E-state index contributed by atoms with van der Waals surface area (Å²) in [5.41, 5.74) is 2.37. The fourth-order valence-electron chi connectivity index (χ4n) is 6.32. The van der Waals surface area contributed by atoms with Crippen molar-refractivity contribution in [2.24, 2.45) is 5.92 Å². The molecule has 43 heavy (non-hydrogen) atoms. The lowest BCUT2D eigenvalue weighted by molar-refractivity contribution is -0.132. The van der Waals surface area contributed by atoms with E-state index in [9.17, 15) is 21.6 Å². The van der Waals surface area contributed by atoms with Crippen molar-refractivity contribution in [2.45, 2.75) is 47.7 Å². The van der Waals surface area contributed by atoms with Gasteiger partial charge >= 0.3 is 0 Å². The number of piperidine rings is 2. The highest BCUT2D eigenvalue weighted by atomic mass is 35.5. The molecule has 0 saturated carbocycles. The van der Waals surface area contributed by atoms with E-state index < -0.39 is 44.1 Å². The fourth-order valence-corrected chi connectivity index (χ4v) is 9.94. The molecular formula is C33H31ClN2O5S2. The maximum absolute atomic E-state index is 14.5. The molecule has 0 aromatic heterocycles. The highest BCUT2D eigenvalue weighted by Gasteiger charge is 2.54. The van der Waals surface area contributed by atoms with Gasteiger partial charge in [0.15, 0.2) is 0 Å². The quantitative estimate of drug-likeness (QED) is 0.253. The van der Waals surface area contributed by atoms with Crippen LogP contribution in [0.25, 0.3) is 0 Å². The smallest absolute Gasteiger partial charge is 0.243 e. The van der Waals surface area contributed by atoms with Gasteiger partial charge in [0.05, 0.1) is 21.9 Å². The first kappa shape index (κ1) is 29.7. The summed E-state index contributed by atoms with van der Waals surface area (Å²) in [7, 11) is -8.16. The number of Topliss-reactive ketones (excluding diaryl/α,β-unsaturated/α-hetero) is 1. The maximum atomic E-state index is 14.5. The second-order valence-electron chi connectivity index (χ2n) is 11.1. The number of rotatable bonds is 6. The molecule has 0 unspecified atom stereocenters. The Hall–Kier alpha value is -3.34. The van der Waals surface area contributed by atoms with E-state index in [1.54, 1.807) is 24.3 Å². The second-order valence-corrected chi connectivity index (χ2v) is 15.3. The molecule has 2 aliphatic rings. The molecule has 4 atom stereocenters. The van der Waals surface area contributed by atoms with Crippen LogP contribution >= 0.6 is 11.6 Å². The zero-order valence-electron chi connectivity index (χ0n) is 23.5. The molecule has 4 aromatic carbocycles. The first-order valence-electron chi connectivity index (χ1n) is 14.1. The maximum Gasteiger partial charge on any atom is 0.243 e. The summed E-state index contributed by atoms with van der Waals surface area (Å²) in [4.78, 5) is 14.1. The lowest BCUT2D eigenvalue weighted by atomic mass is 9.77. The summed E-state index contributed by atoms with van der Waals surface area (Å²) in [5, 5.41) is 0.406. The molecule has 4 aromatic rings. The molecule has 0 bridgehead atoms. The number of halogens is 1. The van der Waals surface area contributed by atoms with Crippen LogP contribution in [0.5, 0.6) is 0 Å². The second kappa shape index (κ2) is 11.6. The minimum Gasteiger partial charge on any atom is -0.299 e. The van der Waals surface area contributed by atoms with Crippen LogP contribution in [0.2, 0.25) is 5.02 Å². The van der Waals surface area contributed by atoms with Crippen molar-refractivity contribution in [1.29, 1.82) is 0 Å². The van der Waals surface area contributed by atoms with E-state index >= 15 is 0 Å². The number of hydrogen-bond acceptors (Lipinski definition) is 5. The van der Waals surface area contributed by atoms with E-state index in [-0.39, 0.29) is 35.0 Å².